The predicted molar refractivity (Wildman–Crippen MR) is 69.0 cm³/mol. The number of methoxy groups -OCH3 is 2. The molecule has 0 fully saturated rings. The van der Waals surface area contributed by atoms with E-state index in [2.05, 4.69) is 11.5 Å². The molecule has 6 N–H and O–H groups in total. The second-order valence-corrected chi connectivity index (χ2v) is 2.86. The summed E-state index contributed by atoms with van der Waals surface area (Å²) in [7, 11) is 3.27. The number of nitrogens with two attached hydrogens (primary N) is 2. The van der Waals surface area contributed by atoms with E-state index in [1.54, 1.807) is 14.2 Å². The average molecular weight is 257 g/mol. The molecule has 0 heterocycles. The smallest absolute Gasteiger partial charge is 0.300 e. The van der Waals surface area contributed by atoms with Crippen molar-refractivity contribution in [2.75, 3.05) is 14.2 Å². The molecule has 0 aliphatic heterocycles. The molecule has 0 saturated carbocycles. The van der Waals surface area contributed by atoms with Crippen molar-refractivity contribution in [2.45, 2.75) is 6.92 Å². The van der Waals surface area contributed by atoms with Crippen molar-refractivity contribution in [3.8, 4) is 11.5 Å². The van der Waals surface area contributed by atoms with Crippen LogP contribution >= 0.6 is 0 Å². The number of rotatable bonds is 2. The van der Waals surface area contributed by atoms with Crippen molar-refractivity contribution in [3.05, 3.63) is 24.3 Å². The molecule has 0 unspecified atom stereocenters. The van der Waals surface area contributed by atoms with Crippen LogP contribution < -0.4 is 20.9 Å². The van der Waals surface area contributed by atoms with E-state index in [0.717, 1.165) is 18.4 Å². The zero-order valence-electron chi connectivity index (χ0n) is 10.6. The van der Waals surface area contributed by atoms with Gasteiger partial charge >= 0.3 is 0 Å². The molecule has 102 valence electrons. The summed E-state index contributed by atoms with van der Waals surface area (Å²) in [5.74, 6) is 0.471. The van der Waals surface area contributed by atoms with E-state index in [1.807, 2.05) is 24.3 Å². The van der Waals surface area contributed by atoms with E-state index < -0.39 is 5.97 Å². The minimum atomic E-state index is -0.833. The molecule has 18 heavy (non-hydrogen) atoms. The van der Waals surface area contributed by atoms with Crippen LogP contribution in [0.25, 0.3) is 0 Å². The summed E-state index contributed by atoms with van der Waals surface area (Å²) in [5.41, 5.74) is 8.94. The van der Waals surface area contributed by atoms with Gasteiger partial charge in [0.25, 0.3) is 5.97 Å². The van der Waals surface area contributed by atoms with Gasteiger partial charge in [0.05, 0.1) is 14.2 Å². The Balaban J connectivity index is 0. The summed E-state index contributed by atoms with van der Waals surface area (Å²) in [6.07, 6.45) is 0. The van der Waals surface area contributed by atoms with E-state index in [4.69, 9.17) is 24.8 Å². The van der Waals surface area contributed by atoms with Crippen molar-refractivity contribution in [3.63, 3.8) is 0 Å². The molecule has 0 saturated heterocycles. The minimum absolute atomic E-state index is 0.333. The molecular formula is C11H19N3O4. The highest BCUT2D eigenvalue weighted by molar-refractivity contribution is 5.71. The fourth-order valence-corrected chi connectivity index (χ4v) is 0.728. The van der Waals surface area contributed by atoms with Gasteiger partial charge in [0.2, 0.25) is 0 Å². The molecule has 7 nitrogen and oxygen atoms in total. The number of ether oxygens (including phenoxy) is 2. The molecule has 0 bridgehead atoms. The van der Waals surface area contributed by atoms with E-state index >= 15 is 0 Å². The predicted octanol–water partition coefficient (Wildman–Crippen LogP) is 0.633. The van der Waals surface area contributed by atoms with Gasteiger partial charge in [0, 0.05) is 13.0 Å². The van der Waals surface area contributed by atoms with Crippen molar-refractivity contribution >= 4 is 11.9 Å². The first-order valence-electron chi connectivity index (χ1n) is 4.80. The first kappa shape index (κ1) is 17.9. The van der Waals surface area contributed by atoms with Gasteiger partial charge in [-0.25, -0.2) is 0 Å². The number of aliphatic carboxylic acids is 1. The number of nitrogens with one attached hydrogen (secondary N) is 1. The van der Waals surface area contributed by atoms with Gasteiger partial charge in [0.15, 0.2) is 5.96 Å². The SMILES string of the molecule is CC(=O)O.COc1cccc(OC)c1.N=C(N)N. The van der Waals surface area contributed by atoms with Gasteiger partial charge in [-0.1, -0.05) is 6.07 Å². The molecule has 0 atom stereocenters. The van der Waals surface area contributed by atoms with Gasteiger partial charge in [0.1, 0.15) is 11.5 Å². The van der Waals surface area contributed by atoms with Crippen LogP contribution in [0.2, 0.25) is 0 Å². The summed E-state index contributed by atoms with van der Waals surface area (Å²) >= 11 is 0. The number of carboxylic acids is 1. The summed E-state index contributed by atoms with van der Waals surface area (Å²) in [6, 6.07) is 7.47. The molecule has 0 radical (unpaired) electrons. The number of carbonyl (C=O) groups is 1. The molecule has 0 aromatic heterocycles. The zero-order chi connectivity index (χ0) is 14.6. The quantitative estimate of drug-likeness (QED) is 0.454. The maximum absolute atomic E-state index is 9.00. The number of guanidine groups is 1. The lowest BCUT2D eigenvalue weighted by molar-refractivity contribution is -0.134. The zero-order valence-corrected chi connectivity index (χ0v) is 10.6. The van der Waals surface area contributed by atoms with Crippen LogP contribution in [-0.4, -0.2) is 31.3 Å². The first-order chi connectivity index (χ1) is 8.33. The molecule has 0 amide bonds. The summed E-state index contributed by atoms with van der Waals surface area (Å²) in [6.45, 7) is 1.08. The van der Waals surface area contributed by atoms with Crippen LogP contribution in [0.5, 0.6) is 11.5 Å². The van der Waals surface area contributed by atoms with E-state index in [0.29, 0.717) is 0 Å². The van der Waals surface area contributed by atoms with Gasteiger partial charge in [-0.05, 0) is 12.1 Å². The van der Waals surface area contributed by atoms with Crippen LogP contribution in [0.3, 0.4) is 0 Å². The molecule has 0 spiro atoms. The van der Waals surface area contributed by atoms with E-state index in [9.17, 15) is 0 Å². The lowest BCUT2D eigenvalue weighted by Gasteiger charge is -2.01. The molecule has 0 aliphatic carbocycles. The van der Waals surface area contributed by atoms with Crippen molar-refractivity contribution in [1.82, 2.24) is 0 Å². The summed E-state index contributed by atoms with van der Waals surface area (Å²) in [5, 5.41) is 13.5. The van der Waals surface area contributed by atoms with Crippen molar-refractivity contribution in [1.29, 1.82) is 5.41 Å². The highest BCUT2D eigenvalue weighted by Gasteiger charge is 1.91. The van der Waals surface area contributed by atoms with Crippen LogP contribution in [0.15, 0.2) is 24.3 Å². The maximum atomic E-state index is 9.00. The maximum Gasteiger partial charge on any atom is 0.300 e. The highest BCUT2D eigenvalue weighted by Crippen LogP contribution is 2.17. The lowest BCUT2D eigenvalue weighted by Crippen LogP contribution is -2.20. The topological polar surface area (TPSA) is 132 Å². The second kappa shape index (κ2) is 11.1. The molecule has 7 heteroatoms. The molecular weight excluding hydrogens is 238 g/mol. The monoisotopic (exact) mass is 257 g/mol. The Morgan fingerprint density at radius 1 is 1.22 bits per heavy atom. The normalized spacial score (nSPS) is 7.72. The third-order valence-electron chi connectivity index (χ3n) is 1.28. The van der Waals surface area contributed by atoms with Crippen molar-refractivity contribution in [2.24, 2.45) is 11.5 Å². The highest BCUT2D eigenvalue weighted by atomic mass is 16.5. The standard InChI is InChI=1S/C8H10O2.C2H4O2.CH5N3/c1-9-7-4-3-5-8(6-7)10-2;1-2(3)4;2-1(3)4/h3-6H,1-2H3;1H3,(H,3,4);(H5,2,3,4). The third-order valence-corrected chi connectivity index (χ3v) is 1.28. The number of hydrogen-bond acceptors (Lipinski definition) is 4. The molecule has 1 aromatic rings. The fourth-order valence-electron chi connectivity index (χ4n) is 0.728. The van der Waals surface area contributed by atoms with Crippen LogP contribution in [0.1, 0.15) is 6.92 Å². The number of carboxylic acid groups (broad SMARTS) is 1. The summed E-state index contributed by atoms with van der Waals surface area (Å²) in [4.78, 5) is 9.00. The second-order valence-electron chi connectivity index (χ2n) is 2.86. The lowest BCUT2D eigenvalue weighted by atomic mass is 10.3. The Bertz CT molecular complexity index is 330. The van der Waals surface area contributed by atoms with Crippen molar-refractivity contribution < 1.29 is 19.4 Å². The Morgan fingerprint density at radius 2 is 1.50 bits per heavy atom. The minimum Gasteiger partial charge on any atom is -0.497 e. The third kappa shape index (κ3) is 16.0. The number of hydrogen-bond donors (Lipinski definition) is 4. The Labute approximate surface area is 106 Å². The van der Waals surface area contributed by atoms with Gasteiger partial charge in [-0.3, -0.25) is 10.2 Å². The molecule has 0 aliphatic rings. The Morgan fingerprint density at radius 3 is 1.72 bits per heavy atom. The number of benzene rings is 1. The van der Waals surface area contributed by atoms with Gasteiger partial charge < -0.3 is 26.0 Å². The average Bonchev–Trinajstić information content (AvgIpc) is 2.27. The fraction of sp³-hybridized carbons (Fsp3) is 0.273. The molecule has 1 rings (SSSR count). The Hall–Kier alpha value is -2.44. The van der Waals surface area contributed by atoms with Crippen LogP contribution in [-0.2, 0) is 4.79 Å². The molecule has 1 aromatic carbocycles. The van der Waals surface area contributed by atoms with Crippen LogP contribution in [0.4, 0.5) is 0 Å². The van der Waals surface area contributed by atoms with E-state index in [-0.39, 0.29) is 5.96 Å². The Kier molecular flexibility index (Phi) is 11.0. The van der Waals surface area contributed by atoms with E-state index in [1.165, 1.54) is 0 Å². The first-order valence-corrected chi connectivity index (χ1v) is 4.80. The van der Waals surface area contributed by atoms with Gasteiger partial charge in [-0.15, -0.1) is 0 Å². The largest absolute Gasteiger partial charge is 0.497 e. The summed E-state index contributed by atoms with van der Waals surface area (Å²) < 4.78 is 9.95. The van der Waals surface area contributed by atoms with Crippen LogP contribution in [0, 0.1) is 5.41 Å². The van der Waals surface area contributed by atoms with Gasteiger partial charge in [-0.2, -0.15) is 0 Å².